The van der Waals surface area contributed by atoms with Crippen molar-refractivity contribution in [2.45, 2.75) is 13.8 Å². The molecule has 0 aromatic heterocycles. The number of hydrogen-bond donors (Lipinski definition) is 1. The first kappa shape index (κ1) is 12.3. The van der Waals surface area contributed by atoms with Crippen molar-refractivity contribution in [3.8, 4) is 0 Å². The van der Waals surface area contributed by atoms with Crippen molar-refractivity contribution in [3.05, 3.63) is 39.3 Å². The molecule has 0 aliphatic rings. The van der Waals surface area contributed by atoms with E-state index in [1.165, 1.54) is 6.08 Å². The monoisotopic (exact) mass is 287 g/mol. The molecule has 0 unspecified atom stereocenters. The van der Waals surface area contributed by atoms with Crippen LogP contribution in [0.25, 0.3) is 0 Å². The number of carbonyl (C=O) groups is 1. The Kier molecular flexibility index (Phi) is 4.36. The maximum atomic E-state index is 11.4. The van der Waals surface area contributed by atoms with Gasteiger partial charge in [0.15, 0.2) is 0 Å². The molecule has 0 aliphatic carbocycles. The molecule has 1 amide bonds. The van der Waals surface area contributed by atoms with Gasteiger partial charge in [0, 0.05) is 10.5 Å². The van der Waals surface area contributed by atoms with Crippen molar-refractivity contribution in [1.82, 2.24) is 0 Å². The van der Waals surface area contributed by atoms with Gasteiger partial charge in [0.25, 0.3) is 0 Å². The summed E-state index contributed by atoms with van der Waals surface area (Å²) in [6.07, 6.45) is 1.53. The van der Waals surface area contributed by atoms with E-state index in [-0.39, 0.29) is 5.91 Å². The lowest BCUT2D eigenvalue weighted by molar-refractivity contribution is -0.111. The molecule has 0 fully saturated rings. The van der Waals surface area contributed by atoms with Crippen LogP contribution in [0.4, 0.5) is 5.69 Å². The number of nitrogens with one attached hydrogen (secondary N) is 1. The SMILES string of the molecule is CC(C)=CC(=O)Nc1cccc(Br)c1Cl. The molecule has 4 heteroatoms. The Morgan fingerprint density at radius 1 is 1.47 bits per heavy atom. The summed E-state index contributed by atoms with van der Waals surface area (Å²) in [5, 5.41) is 3.21. The van der Waals surface area contributed by atoms with Crippen molar-refractivity contribution in [1.29, 1.82) is 0 Å². The Bertz CT molecular complexity index is 411. The van der Waals surface area contributed by atoms with Gasteiger partial charge < -0.3 is 5.32 Å². The lowest BCUT2D eigenvalue weighted by Crippen LogP contribution is -2.08. The number of amides is 1. The van der Waals surface area contributed by atoms with Gasteiger partial charge in [-0.2, -0.15) is 0 Å². The van der Waals surface area contributed by atoms with Crippen molar-refractivity contribution in [3.63, 3.8) is 0 Å². The Labute approximate surface area is 102 Å². The minimum absolute atomic E-state index is 0.171. The number of halogens is 2. The van der Waals surface area contributed by atoms with Crippen LogP contribution in [-0.2, 0) is 4.79 Å². The van der Waals surface area contributed by atoms with E-state index in [1.54, 1.807) is 6.07 Å². The summed E-state index contributed by atoms with van der Waals surface area (Å²) in [6.45, 7) is 3.73. The first-order chi connectivity index (χ1) is 7.00. The molecule has 1 rings (SSSR count). The van der Waals surface area contributed by atoms with E-state index in [4.69, 9.17) is 11.6 Å². The average Bonchev–Trinajstić information content (AvgIpc) is 2.11. The normalized spacial score (nSPS) is 9.60. The number of rotatable bonds is 2. The van der Waals surface area contributed by atoms with Crippen molar-refractivity contribution < 1.29 is 4.79 Å². The van der Waals surface area contributed by atoms with Crippen LogP contribution < -0.4 is 5.32 Å². The Morgan fingerprint density at radius 3 is 2.73 bits per heavy atom. The molecule has 0 aliphatic heterocycles. The third-order valence-electron chi connectivity index (χ3n) is 1.63. The first-order valence-corrected chi connectivity index (χ1v) is 5.57. The first-order valence-electron chi connectivity index (χ1n) is 4.40. The molecule has 0 atom stereocenters. The van der Waals surface area contributed by atoms with Gasteiger partial charge in [-0.1, -0.05) is 23.2 Å². The molecule has 1 aromatic rings. The van der Waals surface area contributed by atoms with Crippen LogP contribution >= 0.6 is 27.5 Å². The van der Waals surface area contributed by atoms with E-state index in [9.17, 15) is 4.79 Å². The van der Waals surface area contributed by atoms with Gasteiger partial charge in [-0.05, 0) is 41.9 Å². The highest BCUT2D eigenvalue weighted by atomic mass is 79.9. The largest absolute Gasteiger partial charge is 0.321 e. The fraction of sp³-hybridized carbons (Fsp3) is 0.182. The maximum absolute atomic E-state index is 11.4. The minimum Gasteiger partial charge on any atom is -0.321 e. The third-order valence-corrected chi connectivity index (χ3v) is 2.93. The molecule has 0 radical (unpaired) electrons. The fourth-order valence-corrected chi connectivity index (χ4v) is 1.57. The Morgan fingerprint density at radius 2 is 2.13 bits per heavy atom. The summed E-state index contributed by atoms with van der Waals surface area (Å²) in [7, 11) is 0. The number of hydrogen-bond acceptors (Lipinski definition) is 1. The molecular formula is C11H11BrClNO. The van der Waals surface area contributed by atoms with Gasteiger partial charge >= 0.3 is 0 Å². The van der Waals surface area contributed by atoms with Gasteiger partial charge in [0.2, 0.25) is 5.91 Å². The van der Waals surface area contributed by atoms with Crippen LogP contribution in [-0.4, -0.2) is 5.91 Å². The zero-order valence-electron chi connectivity index (χ0n) is 8.47. The van der Waals surface area contributed by atoms with Crippen LogP contribution in [0, 0.1) is 0 Å². The summed E-state index contributed by atoms with van der Waals surface area (Å²) < 4.78 is 0.763. The highest BCUT2D eigenvalue weighted by Gasteiger charge is 2.05. The Balaban J connectivity index is 2.86. The average molecular weight is 289 g/mol. The molecule has 15 heavy (non-hydrogen) atoms. The number of carbonyl (C=O) groups excluding carboxylic acids is 1. The molecule has 0 heterocycles. The fourth-order valence-electron chi connectivity index (χ4n) is 1.03. The third kappa shape index (κ3) is 3.68. The second kappa shape index (κ2) is 5.33. The zero-order chi connectivity index (χ0) is 11.4. The quantitative estimate of drug-likeness (QED) is 0.819. The van der Waals surface area contributed by atoms with Gasteiger partial charge in [-0.15, -0.1) is 0 Å². The molecule has 1 N–H and O–H groups in total. The van der Waals surface area contributed by atoms with Crippen molar-refractivity contribution in [2.75, 3.05) is 5.32 Å². The van der Waals surface area contributed by atoms with Crippen LogP contribution in [0.3, 0.4) is 0 Å². The van der Waals surface area contributed by atoms with Crippen molar-refractivity contribution in [2.24, 2.45) is 0 Å². The highest BCUT2D eigenvalue weighted by molar-refractivity contribution is 9.10. The molecule has 2 nitrogen and oxygen atoms in total. The molecule has 80 valence electrons. The number of benzene rings is 1. The molecular weight excluding hydrogens is 277 g/mol. The van der Waals surface area contributed by atoms with Gasteiger partial charge in [-0.25, -0.2) is 0 Å². The summed E-state index contributed by atoms with van der Waals surface area (Å²) in [5.41, 5.74) is 1.55. The lowest BCUT2D eigenvalue weighted by Gasteiger charge is -2.06. The second-order valence-electron chi connectivity index (χ2n) is 3.31. The van der Waals surface area contributed by atoms with Crippen LogP contribution in [0.15, 0.2) is 34.3 Å². The maximum Gasteiger partial charge on any atom is 0.248 e. The van der Waals surface area contributed by atoms with E-state index in [0.29, 0.717) is 10.7 Å². The molecule has 1 aromatic carbocycles. The topological polar surface area (TPSA) is 29.1 Å². The zero-order valence-corrected chi connectivity index (χ0v) is 10.8. The molecule has 0 bridgehead atoms. The summed E-state index contributed by atoms with van der Waals surface area (Å²) in [4.78, 5) is 11.4. The van der Waals surface area contributed by atoms with Gasteiger partial charge in [0.1, 0.15) is 0 Å². The molecule has 0 saturated heterocycles. The van der Waals surface area contributed by atoms with E-state index in [1.807, 2.05) is 26.0 Å². The van der Waals surface area contributed by atoms with Gasteiger partial charge in [-0.3, -0.25) is 4.79 Å². The van der Waals surface area contributed by atoms with E-state index in [0.717, 1.165) is 10.0 Å². The summed E-state index contributed by atoms with van der Waals surface area (Å²) >= 11 is 9.28. The summed E-state index contributed by atoms with van der Waals surface area (Å²) in [5.74, 6) is -0.171. The molecule has 0 saturated carbocycles. The highest BCUT2D eigenvalue weighted by Crippen LogP contribution is 2.29. The van der Waals surface area contributed by atoms with E-state index >= 15 is 0 Å². The van der Waals surface area contributed by atoms with Crippen LogP contribution in [0.5, 0.6) is 0 Å². The molecule has 0 spiro atoms. The second-order valence-corrected chi connectivity index (χ2v) is 4.54. The predicted octanol–water partition coefficient (Wildman–Crippen LogP) is 4.01. The lowest BCUT2D eigenvalue weighted by atomic mass is 10.3. The predicted molar refractivity (Wildman–Crippen MR) is 67.2 cm³/mol. The van der Waals surface area contributed by atoms with Crippen LogP contribution in [0.2, 0.25) is 5.02 Å². The van der Waals surface area contributed by atoms with Gasteiger partial charge in [0.05, 0.1) is 10.7 Å². The van der Waals surface area contributed by atoms with Crippen molar-refractivity contribution >= 4 is 39.1 Å². The van der Waals surface area contributed by atoms with E-state index in [2.05, 4.69) is 21.2 Å². The standard InChI is InChI=1S/C11H11BrClNO/c1-7(2)6-10(15)14-9-5-3-4-8(12)11(9)13/h3-6H,1-2H3,(H,14,15). The Hall–Kier alpha value is -0.800. The number of allylic oxidation sites excluding steroid dienone is 1. The number of anilines is 1. The summed E-state index contributed by atoms with van der Waals surface area (Å²) in [6, 6.07) is 5.39. The van der Waals surface area contributed by atoms with E-state index < -0.39 is 0 Å². The van der Waals surface area contributed by atoms with Crippen LogP contribution in [0.1, 0.15) is 13.8 Å². The minimum atomic E-state index is -0.171. The smallest absolute Gasteiger partial charge is 0.248 e.